The number of nitrogens with zero attached hydrogens (tertiary/aromatic N) is 2. The first kappa shape index (κ1) is 21.3. The molecule has 3 rings (SSSR count). The van der Waals surface area contributed by atoms with Crippen molar-refractivity contribution in [1.82, 2.24) is 14.5 Å². The van der Waals surface area contributed by atoms with E-state index in [-0.39, 0.29) is 41.8 Å². The lowest BCUT2D eigenvalue weighted by molar-refractivity contribution is -0.131. The number of rotatable bonds is 4. The number of sulfonamides is 1. The van der Waals surface area contributed by atoms with Crippen molar-refractivity contribution in [2.24, 2.45) is 5.92 Å². The summed E-state index contributed by atoms with van der Waals surface area (Å²) in [7, 11) is -4.06. The number of aliphatic hydroxyl groups excluding tert-OH is 1. The topological polar surface area (TPSA) is 124 Å². The average Bonchev–Trinajstić information content (AvgIpc) is 2.79. The quantitative estimate of drug-likeness (QED) is 0.700. The van der Waals surface area contributed by atoms with Crippen LogP contribution in [0.4, 0.5) is 0 Å². The summed E-state index contributed by atoms with van der Waals surface area (Å²) in [5, 5.41) is 13.1. The number of carbonyl (C=O) groups excluding carboxylic acids is 3. The van der Waals surface area contributed by atoms with Crippen molar-refractivity contribution in [2.75, 3.05) is 19.6 Å². The number of benzene rings is 1. The van der Waals surface area contributed by atoms with E-state index in [9.17, 15) is 27.9 Å². The lowest BCUT2D eigenvalue weighted by atomic mass is 10.1. The third-order valence-corrected chi connectivity index (χ3v) is 7.05. The molecule has 3 amide bonds. The van der Waals surface area contributed by atoms with Gasteiger partial charge in [0.15, 0.2) is 0 Å². The Bertz CT molecular complexity index is 930. The zero-order valence-corrected chi connectivity index (χ0v) is 17.2. The molecule has 1 saturated heterocycles. The Balaban J connectivity index is 1.68. The molecule has 2 atom stereocenters. The van der Waals surface area contributed by atoms with Gasteiger partial charge in [-0.1, -0.05) is 26.0 Å². The van der Waals surface area contributed by atoms with Crippen molar-refractivity contribution in [3.63, 3.8) is 0 Å². The number of carbonyl (C=O) groups is 3. The van der Waals surface area contributed by atoms with E-state index in [1.165, 1.54) is 23.1 Å². The largest absolute Gasteiger partial charge is 0.391 e. The van der Waals surface area contributed by atoms with Gasteiger partial charge in [0.25, 0.3) is 15.9 Å². The molecule has 2 aliphatic rings. The minimum atomic E-state index is -4.06. The first-order valence-electron chi connectivity index (χ1n) is 9.55. The lowest BCUT2D eigenvalue weighted by Gasteiger charge is -2.23. The number of fused-ring (bicyclic) bond motifs is 1. The van der Waals surface area contributed by atoms with E-state index >= 15 is 0 Å². The molecule has 158 valence electrons. The molecule has 0 aromatic heterocycles. The van der Waals surface area contributed by atoms with Crippen molar-refractivity contribution in [3.8, 4) is 0 Å². The first-order valence-corrected chi connectivity index (χ1v) is 11.0. The maximum absolute atomic E-state index is 12.7. The van der Waals surface area contributed by atoms with Gasteiger partial charge in [0, 0.05) is 19.0 Å². The highest BCUT2D eigenvalue weighted by Gasteiger charge is 2.42. The molecule has 0 bridgehead atoms. The molecule has 2 aliphatic heterocycles. The molecule has 1 aromatic rings. The van der Waals surface area contributed by atoms with Crippen LogP contribution in [0.3, 0.4) is 0 Å². The second-order valence-corrected chi connectivity index (χ2v) is 9.44. The van der Waals surface area contributed by atoms with Crippen LogP contribution in [0.5, 0.6) is 0 Å². The monoisotopic (exact) mass is 423 g/mol. The molecular formula is C19H25N3O6S. The van der Waals surface area contributed by atoms with Gasteiger partial charge in [-0.05, 0) is 25.0 Å². The van der Waals surface area contributed by atoms with Gasteiger partial charge in [-0.3, -0.25) is 14.4 Å². The van der Waals surface area contributed by atoms with Gasteiger partial charge in [-0.25, -0.2) is 12.7 Å². The minimum Gasteiger partial charge on any atom is -0.391 e. The highest BCUT2D eigenvalue weighted by Crippen LogP contribution is 2.29. The summed E-state index contributed by atoms with van der Waals surface area (Å²) in [6.07, 6.45) is -0.223. The zero-order chi connectivity index (χ0) is 21.3. The number of hydrogen-bond donors (Lipinski definition) is 2. The molecule has 9 nitrogen and oxygen atoms in total. The van der Waals surface area contributed by atoms with Crippen LogP contribution in [0.15, 0.2) is 29.2 Å². The summed E-state index contributed by atoms with van der Waals surface area (Å²) in [4.78, 5) is 38.5. The van der Waals surface area contributed by atoms with Gasteiger partial charge in [0.2, 0.25) is 11.8 Å². The third-order valence-electron chi connectivity index (χ3n) is 5.26. The van der Waals surface area contributed by atoms with Crippen LogP contribution in [0.25, 0.3) is 0 Å². The van der Waals surface area contributed by atoms with Gasteiger partial charge < -0.3 is 15.3 Å². The van der Waals surface area contributed by atoms with Crippen LogP contribution in [-0.2, 0) is 19.6 Å². The molecule has 10 heteroatoms. The zero-order valence-electron chi connectivity index (χ0n) is 16.4. The first-order chi connectivity index (χ1) is 13.6. The fourth-order valence-electron chi connectivity index (χ4n) is 3.47. The Morgan fingerprint density at radius 1 is 1.21 bits per heavy atom. The van der Waals surface area contributed by atoms with E-state index < -0.39 is 40.5 Å². The number of aliphatic hydroxyl groups is 1. The van der Waals surface area contributed by atoms with E-state index in [2.05, 4.69) is 5.32 Å². The van der Waals surface area contributed by atoms with Gasteiger partial charge >= 0.3 is 0 Å². The average molecular weight is 423 g/mol. The SMILES string of the molecule is CC(C)C(=O)N[C@H]1CCN(C(=O)CN2C(=O)c3ccccc3S2(=O)=O)CC[C@@H]1O. The van der Waals surface area contributed by atoms with Crippen LogP contribution in [-0.4, -0.2) is 72.2 Å². The van der Waals surface area contributed by atoms with E-state index in [1.807, 2.05) is 0 Å². The Labute approximate surface area is 169 Å². The van der Waals surface area contributed by atoms with Crippen LogP contribution in [0.1, 0.15) is 37.0 Å². The summed E-state index contributed by atoms with van der Waals surface area (Å²) < 4.78 is 25.8. The Morgan fingerprint density at radius 2 is 1.86 bits per heavy atom. The Morgan fingerprint density at radius 3 is 2.52 bits per heavy atom. The number of amides is 3. The summed E-state index contributed by atoms with van der Waals surface area (Å²) in [5.74, 6) is -1.64. The molecule has 0 saturated carbocycles. The van der Waals surface area contributed by atoms with Crippen LogP contribution >= 0.6 is 0 Å². The minimum absolute atomic E-state index is 0.0584. The lowest BCUT2D eigenvalue weighted by Crippen LogP contribution is -2.45. The van der Waals surface area contributed by atoms with Crippen molar-refractivity contribution < 1.29 is 27.9 Å². The molecule has 0 spiro atoms. The second kappa shape index (κ2) is 8.11. The summed E-state index contributed by atoms with van der Waals surface area (Å²) >= 11 is 0. The number of nitrogens with one attached hydrogen (secondary N) is 1. The van der Waals surface area contributed by atoms with Crippen molar-refractivity contribution in [1.29, 1.82) is 0 Å². The molecule has 2 N–H and O–H groups in total. The predicted octanol–water partition coefficient (Wildman–Crippen LogP) is -0.0448. The number of likely N-dealkylation sites (tertiary alicyclic amines) is 1. The van der Waals surface area contributed by atoms with Gasteiger partial charge in [0.05, 0.1) is 17.7 Å². The smallest absolute Gasteiger partial charge is 0.269 e. The van der Waals surface area contributed by atoms with Crippen LogP contribution in [0.2, 0.25) is 0 Å². The molecule has 0 aliphatic carbocycles. The normalized spacial score (nSPS) is 23.7. The fourth-order valence-corrected chi connectivity index (χ4v) is 4.98. The maximum atomic E-state index is 12.7. The van der Waals surface area contributed by atoms with Gasteiger partial charge in [0.1, 0.15) is 11.4 Å². The Hall–Kier alpha value is -2.46. The van der Waals surface area contributed by atoms with E-state index in [1.54, 1.807) is 19.9 Å². The van der Waals surface area contributed by atoms with E-state index in [0.717, 1.165) is 0 Å². The second-order valence-electron chi connectivity index (χ2n) is 7.61. The molecular weight excluding hydrogens is 398 g/mol. The van der Waals surface area contributed by atoms with Crippen molar-refractivity contribution in [2.45, 2.75) is 43.7 Å². The molecule has 2 heterocycles. The van der Waals surface area contributed by atoms with Crippen LogP contribution < -0.4 is 5.32 Å². The fraction of sp³-hybridized carbons (Fsp3) is 0.526. The molecule has 29 heavy (non-hydrogen) atoms. The molecule has 1 aromatic carbocycles. The summed E-state index contributed by atoms with van der Waals surface area (Å²) in [6.45, 7) is 3.37. The van der Waals surface area contributed by atoms with Gasteiger partial charge in [-0.2, -0.15) is 0 Å². The van der Waals surface area contributed by atoms with E-state index in [4.69, 9.17) is 0 Å². The van der Waals surface area contributed by atoms with Crippen LogP contribution in [0, 0.1) is 5.92 Å². The van der Waals surface area contributed by atoms with E-state index in [0.29, 0.717) is 10.7 Å². The predicted molar refractivity (Wildman–Crippen MR) is 103 cm³/mol. The van der Waals surface area contributed by atoms with Gasteiger partial charge in [-0.15, -0.1) is 0 Å². The third kappa shape index (κ3) is 4.13. The number of hydrogen-bond acceptors (Lipinski definition) is 6. The van der Waals surface area contributed by atoms with Crippen molar-refractivity contribution >= 4 is 27.7 Å². The van der Waals surface area contributed by atoms with Crippen molar-refractivity contribution in [3.05, 3.63) is 29.8 Å². The molecule has 0 radical (unpaired) electrons. The summed E-state index contributed by atoms with van der Waals surface area (Å²) in [6, 6.07) is 5.38. The molecule has 0 unspecified atom stereocenters. The molecule has 1 fully saturated rings. The standard InChI is InChI=1S/C19H25N3O6S/c1-12(2)18(25)20-14-7-9-21(10-8-15(14)23)17(24)11-22-19(26)13-5-3-4-6-16(13)29(22,27)28/h3-6,12,14-15,23H,7-11H2,1-2H3,(H,20,25)/t14-,15-/m0/s1. The highest BCUT2D eigenvalue weighted by molar-refractivity contribution is 7.90. The maximum Gasteiger partial charge on any atom is 0.269 e. The Kier molecular flexibility index (Phi) is 5.95. The summed E-state index contributed by atoms with van der Waals surface area (Å²) in [5.41, 5.74) is 0.0584. The highest BCUT2D eigenvalue weighted by atomic mass is 32.2.